The van der Waals surface area contributed by atoms with Crippen molar-refractivity contribution in [3.05, 3.63) is 63.6 Å². The molecule has 2 nitrogen and oxygen atoms in total. The molecule has 0 bridgehead atoms. The van der Waals surface area contributed by atoms with Gasteiger partial charge in [-0.2, -0.15) is 0 Å². The van der Waals surface area contributed by atoms with Crippen LogP contribution in [0.5, 0.6) is 5.75 Å². The van der Waals surface area contributed by atoms with Crippen LogP contribution in [0.3, 0.4) is 0 Å². The summed E-state index contributed by atoms with van der Waals surface area (Å²) >= 11 is 11.5. The summed E-state index contributed by atoms with van der Waals surface area (Å²) < 4.78 is 31.3. The van der Waals surface area contributed by atoms with E-state index in [1.54, 1.807) is 0 Å². The first kappa shape index (κ1) is 14.8. The minimum Gasteiger partial charge on any atom is -0.485 e. The molecule has 0 unspecified atom stereocenters. The van der Waals surface area contributed by atoms with Crippen LogP contribution in [0, 0.1) is 11.6 Å². The first-order valence-corrected chi connectivity index (χ1v) is 6.28. The Bertz CT molecular complexity index is 639. The van der Waals surface area contributed by atoms with Gasteiger partial charge in [0.05, 0.1) is 5.56 Å². The molecule has 0 atom stereocenters. The smallest absolute Gasteiger partial charge is 0.203 e. The summed E-state index contributed by atoms with van der Waals surface area (Å²) in [5, 5.41) is 0.709. The van der Waals surface area contributed by atoms with Crippen molar-refractivity contribution in [3.63, 3.8) is 0 Å². The standard InChI is InChI=1S/C14H8Cl2F2O2/c15-8-3-9(16)5-11(4-8)20-7-14(19)12-2-1-10(17)6-13(12)18/h1-6H,7H2. The Kier molecular flexibility index (Phi) is 4.57. The van der Waals surface area contributed by atoms with E-state index >= 15 is 0 Å². The van der Waals surface area contributed by atoms with Crippen LogP contribution < -0.4 is 4.74 Å². The number of Topliss-reactive ketones (excluding diaryl/α,β-unsaturated/α-hetero) is 1. The molecule has 0 heterocycles. The molecule has 6 heteroatoms. The van der Waals surface area contributed by atoms with Crippen LogP contribution in [0.15, 0.2) is 36.4 Å². The first-order valence-electron chi connectivity index (χ1n) is 5.53. The van der Waals surface area contributed by atoms with Crippen LogP contribution in [-0.4, -0.2) is 12.4 Å². The molecule has 2 aromatic carbocycles. The fourth-order valence-corrected chi connectivity index (χ4v) is 2.06. The molecule has 2 aromatic rings. The molecule has 0 radical (unpaired) electrons. The minimum atomic E-state index is -0.928. The fourth-order valence-electron chi connectivity index (χ4n) is 1.55. The second-order valence-corrected chi connectivity index (χ2v) is 4.81. The van der Waals surface area contributed by atoms with Gasteiger partial charge in [0.15, 0.2) is 6.61 Å². The van der Waals surface area contributed by atoms with Gasteiger partial charge < -0.3 is 4.74 Å². The lowest BCUT2D eigenvalue weighted by Crippen LogP contribution is -2.13. The zero-order chi connectivity index (χ0) is 14.7. The van der Waals surface area contributed by atoms with Crippen molar-refractivity contribution in [2.24, 2.45) is 0 Å². The maximum atomic E-state index is 13.4. The third-order valence-electron chi connectivity index (χ3n) is 2.44. The summed E-state index contributed by atoms with van der Waals surface area (Å²) in [4.78, 5) is 11.8. The highest BCUT2D eigenvalue weighted by molar-refractivity contribution is 6.34. The number of halogens is 4. The largest absolute Gasteiger partial charge is 0.485 e. The van der Waals surface area contributed by atoms with Gasteiger partial charge in [-0.3, -0.25) is 4.79 Å². The molecule has 0 saturated carbocycles. The van der Waals surface area contributed by atoms with Crippen LogP contribution in [0.1, 0.15) is 10.4 Å². The van der Waals surface area contributed by atoms with Gasteiger partial charge in [0.2, 0.25) is 5.78 Å². The van der Waals surface area contributed by atoms with Crippen molar-refractivity contribution in [2.45, 2.75) is 0 Å². The molecular weight excluding hydrogens is 309 g/mol. The monoisotopic (exact) mass is 316 g/mol. The zero-order valence-corrected chi connectivity index (χ0v) is 11.5. The Morgan fingerprint density at radius 3 is 2.30 bits per heavy atom. The molecule has 0 aliphatic rings. The van der Waals surface area contributed by atoms with E-state index in [0.717, 1.165) is 12.1 Å². The summed E-state index contributed by atoms with van der Waals surface area (Å²) in [5.41, 5.74) is -0.237. The maximum Gasteiger partial charge on any atom is 0.203 e. The summed E-state index contributed by atoms with van der Waals surface area (Å²) in [6.45, 7) is -0.404. The second-order valence-electron chi connectivity index (χ2n) is 3.94. The Balaban J connectivity index is 2.08. The van der Waals surface area contributed by atoms with Gasteiger partial charge in [-0.25, -0.2) is 8.78 Å². The van der Waals surface area contributed by atoms with E-state index in [4.69, 9.17) is 27.9 Å². The van der Waals surface area contributed by atoms with E-state index in [1.165, 1.54) is 18.2 Å². The highest BCUT2D eigenvalue weighted by Crippen LogP contribution is 2.24. The molecule has 20 heavy (non-hydrogen) atoms. The number of carbonyl (C=O) groups is 1. The van der Waals surface area contributed by atoms with Gasteiger partial charge in [-0.1, -0.05) is 23.2 Å². The van der Waals surface area contributed by atoms with Gasteiger partial charge >= 0.3 is 0 Å². The molecule has 104 valence electrons. The molecule has 2 rings (SSSR count). The third-order valence-corrected chi connectivity index (χ3v) is 2.87. The quantitative estimate of drug-likeness (QED) is 0.774. The minimum absolute atomic E-state index is 0.237. The summed E-state index contributed by atoms with van der Waals surface area (Å²) in [6.07, 6.45) is 0. The molecule has 0 fully saturated rings. The summed E-state index contributed by atoms with van der Waals surface area (Å²) in [6, 6.07) is 7.18. The number of ketones is 1. The van der Waals surface area contributed by atoms with Crippen molar-refractivity contribution >= 4 is 29.0 Å². The number of carbonyl (C=O) groups excluding carboxylic acids is 1. The van der Waals surface area contributed by atoms with Crippen molar-refractivity contribution in [3.8, 4) is 5.75 Å². The Morgan fingerprint density at radius 1 is 1.05 bits per heavy atom. The fraction of sp³-hybridized carbons (Fsp3) is 0.0714. The Labute approximate surface area is 123 Å². The lowest BCUT2D eigenvalue weighted by atomic mass is 10.1. The van der Waals surface area contributed by atoms with Crippen LogP contribution in [-0.2, 0) is 0 Å². The van der Waals surface area contributed by atoms with E-state index in [-0.39, 0.29) is 5.56 Å². The number of benzene rings is 2. The number of rotatable bonds is 4. The van der Waals surface area contributed by atoms with Gasteiger partial charge in [0.1, 0.15) is 17.4 Å². The third kappa shape index (κ3) is 3.68. The van der Waals surface area contributed by atoms with Crippen LogP contribution >= 0.6 is 23.2 Å². The topological polar surface area (TPSA) is 26.3 Å². The SMILES string of the molecule is O=C(COc1cc(Cl)cc(Cl)c1)c1ccc(F)cc1F. The first-order chi connectivity index (χ1) is 9.45. The summed E-state index contributed by atoms with van der Waals surface area (Å²) in [7, 11) is 0. The molecule has 0 N–H and O–H groups in total. The lowest BCUT2D eigenvalue weighted by molar-refractivity contribution is 0.0917. The van der Waals surface area contributed by atoms with E-state index in [9.17, 15) is 13.6 Å². The molecule has 0 aliphatic heterocycles. The lowest BCUT2D eigenvalue weighted by Gasteiger charge is -2.07. The van der Waals surface area contributed by atoms with E-state index in [0.29, 0.717) is 21.9 Å². The van der Waals surface area contributed by atoms with Crippen molar-refractivity contribution in [2.75, 3.05) is 6.61 Å². The molecule has 0 aromatic heterocycles. The van der Waals surface area contributed by atoms with Gasteiger partial charge in [0, 0.05) is 16.1 Å². The highest BCUT2D eigenvalue weighted by Gasteiger charge is 2.13. The van der Waals surface area contributed by atoms with E-state index < -0.39 is 24.0 Å². The molecular formula is C14H8Cl2F2O2. The van der Waals surface area contributed by atoms with E-state index in [1.807, 2.05) is 0 Å². The highest BCUT2D eigenvalue weighted by atomic mass is 35.5. The Morgan fingerprint density at radius 2 is 1.70 bits per heavy atom. The molecule has 0 saturated heterocycles. The predicted octanol–water partition coefficient (Wildman–Crippen LogP) is 4.53. The van der Waals surface area contributed by atoms with Crippen LogP contribution in [0.4, 0.5) is 8.78 Å². The zero-order valence-electron chi connectivity index (χ0n) is 10.00. The second kappa shape index (κ2) is 6.20. The average molecular weight is 317 g/mol. The molecule has 0 spiro atoms. The average Bonchev–Trinajstić information content (AvgIpc) is 2.35. The molecule has 0 aliphatic carbocycles. The molecule has 0 amide bonds. The van der Waals surface area contributed by atoms with E-state index in [2.05, 4.69) is 0 Å². The van der Waals surface area contributed by atoms with Crippen LogP contribution in [0.2, 0.25) is 10.0 Å². The van der Waals surface area contributed by atoms with Crippen molar-refractivity contribution in [1.29, 1.82) is 0 Å². The van der Waals surface area contributed by atoms with Crippen molar-refractivity contribution < 1.29 is 18.3 Å². The number of ether oxygens (including phenoxy) is 1. The normalized spacial score (nSPS) is 10.4. The number of hydrogen-bond donors (Lipinski definition) is 0. The Hall–Kier alpha value is -1.65. The van der Waals surface area contributed by atoms with Crippen molar-refractivity contribution in [1.82, 2.24) is 0 Å². The van der Waals surface area contributed by atoms with Gasteiger partial charge in [0.25, 0.3) is 0 Å². The maximum absolute atomic E-state index is 13.4. The van der Waals surface area contributed by atoms with Gasteiger partial charge in [-0.15, -0.1) is 0 Å². The number of hydrogen-bond acceptors (Lipinski definition) is 2. The van der Waals surface area contributed by atoms with Crippen LogP contribution in [0.25, 0.3) is 0 Å². The summed E-state index contributed by atoms with van der Waals surface area (Å²) in [5.74, 6) is -2.00. The predicted molar refractivity (Wildman–Crippen MR) is 72.6 cm³/mol. The van der Waals surface area contributed by atoms with Gasteiger partial charge in [-0.05, 0) is 30.3 Å².